The fourth-order valence-corrected chi connectivity index (χ4v) is 2.45. The Morgan fingerprint density at radius 1 is 1.18 bits per heavy atom. The molecule has 0 saturated heterocycles. The second kappa shape index (κ2) is 5.19. The first kappa shape index (κ1) is 11.9. The minimum atomic E-state index is -0.522. The Hall–Kier alpha value is -1.54. The van der Waals surface area contributed by atoms with Crippen molar-refractivity contribution in [3.05, 3.63) is 35.4 Å². The largest absolute Gasteiger partial charge is 0.295 e. The van der Waals surface area contributed by atoms with E-state index in [9.17, 15) is 8.78 Å². The molecule has 1 aromatic rings. The lowest BCUT2D eigenvalue weighted by atomic mass is 9.82. The molecular formula is C13H15F2N2+. The fraction of sp³-hybridized carbons (Fsp3) is 0.462. The number of benzene rings is 1. The first-order valence-electron chi connectivity index (χ1n) is 5.81. The lowest BCUT2D eigenvalue weighted by molar-refractivity contribution is -0.0908. The zero-order chi connectivity index (χ0) is 12.3. The summed E-state index contributed by atoms with van der Waals surface area (Å²) in [4.78, 5) is 3.54. The number of hydrogen-bond acceptors (Lipinski definition) is 1. The Balaban J connectivity index is 2.07. The van der Waals surface area contributed by atoms with Crippen molar-refractivity contribution in [1.29, 1.82) is 0 Å². The van der Waals surface area contributed by atoms with Crippen LogP contribution in [0.25, 0.3) is 0 Å². The Morgan fingerprint density at radius 2 is 1.88 bits per heavy atom. The number of rotatable bonds is 2. The van der Waals surface area contributed by atoms with Gasteiger partial charge in [0.2, 0.25) is 0 Å². The van der Waals surface area contributed by atoms with E-state index in [-0.39, 0.29) is 12.0 Å². The van der Waals surface area contributed by atoms with Crippen LogP contribution in [0.5, 0.6) is 0 Å². The normalized spacial score (nSPS) is 24.1. The standard InChI is InChI=1S/C13H15F2N2/c1-16-17-11-5-2-9(3-6-11)12-7-4-10(14)8-13(12)15/h4,7-9,11H,1-3,5-6H2/q+1. The highest BCUT2D eigenvalue weighted by Gasteiger charge is 2.26. The third-order valence-electron chi connectivity index (χ3n) is 3.34. The molecule has 0 unspecified atom stereocenters. The molecule has 2 nitrogen and oxygen atoms in total. The highest BCUT2D eigenvalue weighted by atomic mass is 19.1. The van der Waals surface area contributed by atoms with Crippen molar-refractivity contribution in [3.8, 4) is 0 Å². The molecule has 1 aliphatic carbocycles. The van der Waals surface area contributed by atoms with E-state index in [1.807, 2.05) is 0 Å². The van der Waals surface area contributed by atoms with E-state index in [1.165, 1.54) is 6.07 Å². The smallest absolute Gasteiger partial charge is 0.207 e. The highest BCUT2D eigenvalue weighted by Crippen LogP contribution is 2.35. The molecule has 1 aliphatic rings. The predicted molar refractivity (Wildman–Crippen MR) is 61.2 cm³/mol. The zero-order valence-corrected chi connectivity index (χ0v) is 9.57. The zero-order valence-electron chi connectivity index (χ0n) is 9.57. The van der Waals surface area contributed by atoms with Gasteiger partial charge >= 0.3 is 0 Å². The fourth-order valence-electron chi connectivity index (χ4n) is 2.45. The summed E-state index contributed by atoms with van der Waals surface area (Å²) in [5, 5.41) is 4.01. The molecule has 0 atom stereocenters. The maximum Gasteiger partial charge on any atom is 0.295 e. The van der Waals surface area contributed by atoms with Gasteiger partial charge in [-0.1, -0.05) is 6.07 Å². The summed E-state index contributed by atoms with van der Waals surface area (Å²) in [5.74, 6) is -0.787. The van der Waals surface area contributed by atoms with Crippen molar-refractivity contribution in [2.45, 2.75) is 37.6 Å². The first-order chi connectivity index (χ1) is 8.20. The van der Waals surface area contributed by atoms with Gasteiger partial charge in [0.1, 0.15) is 17.7 Å². The van der Waals surface area contributed by atoms with Crippen LogP contribution in [0, 0.1) is 11.6 Å². The predicted octanol–water partition coefficient (Wildman–Crippen LogP) is 3.35. The van der Waals surface area contributed by atoms with Gasteiger partial charge in [-0.3, -0.25) is 0 Å². The molecule has 0 bridgehead atoms. The van der Waals surface area contributed by atoms with Gasteiger partial charge in [-0.15, -0.1) is 0 Å². The van der Waals surface area contributed by atoms with Gasteiger partial charge in [0.05, 0.1) is 5.11 Å². The second-order valence-electron chi connectivity index (χ2n) is 4.43. The van der Waals surface area contributed by atoms with E-state index in [1.54, 1.807) is 6.07 Å². The van der Waals surface area contributed by atoms with Crippen LogP contribution in [-0.4, -0.2) is 17.5 Å². The van der Waals surface area contributed by atoms with Crippen LogP contribution < -0.4 is 0 Å². The van der Waals surface area contributed by atoms with Crippen molar-refractivity contribution in [2.75, 3.05) is 0 Å². The van der Waals surface area contributed by atoms with Gasteiger partial charge in [-0.2, -0.15) is 0 Å². The minimum Gasteiger partial charge on any atom is -0.207 e. The van der Waals surface area contributed by atoms with Gasteiger partial charge in [0, 0.05) is 10.9 Å². The van der Waals surface area contributed by atoms with Crippen LogP contribution in [-0.2, 0) is 0 Å². The van der Waals surface area contributed by atoms with E-state index in [4.69, 9.17) is 0 Å². The average Bonchev–Trinajstić information content (AvgIpc) is 2.31. The number of halogens is 2. The van der Waals surface area contributed by atoms with Crippen LogP contribution in [0.3, 0.4) is 0 Å². The van der Waals surface area contributed by atoms with E-state index in [0.717, 1.165) is 31.7 Å². The summed E-state index contributed by atoms with van der Waals surface area (Å²) in [5.41, 5.74) is 0.622. The van der Waals surface area contributed by atoms with E-state index in [0.29, 0.717) is 5.56 Å². The van der Waals surface area contributed by atoms with Crippen molar-refractivity contribution in [1.82, 2.24) is 0 Å². The van der Waals surface area contributed by atoms with Crippen LogP contribution >= 0.6 is 0 Å². The van der Waals surface area contributed by atoms with Crippen molar-refractivity contribution in [2.24, 2.45) is 5.11 Å². The van der Waals surface area contributed by atoms with Crippen molar-refractivity contribution in [3.63, 3.8) is 0 Å². The van der Waals surface area contributed by atoms with Gasteiger partial charge in [0.15, 0.2) is 0 Å². The van der Waals surface area contributed by atoms with Crippen LogP contribution in [0.1, 0.15) is 37.2 Å². The molecule has 17 heavy (non-hydrogen) atoms. The van der Waals surface area contributed by atoms with Crippen molar-refractivity contribution < 1.29 is 13.6 Å². The van der Waals surface area contributed by atoms with E-state index < -0.39 is 11.6 Å². The van der Waals surface area contributed by atoms with Gasteiger partial charge < -0.3 is 0 Å². The van der Waals surface area contributed by atoms with E-state index >= 15 is 0 Å². The molecule has 1 fully saturated rings. The summed E-state index contributed by atoms with van der Waals surface area (Å²) >= 11 is 0. The molecule has 1 aromatic carbocycles. The molecule has 2 rings (SSSR count). The number of hydrogen-bond donors (Lipinski definition) is 0. The SMILES string of the molecule is C=[N+]=NC1CCC(c2ccc(F)cc2F)CC1. The monoisotopic (exact) mass is 237 g/mol. The summed E-state index contributed by atoms with van der Waals surface area (Å²) in [6.45, 7) is 3.34. The van der Waals surface area contributed by atoms with Gasteiger partial charge in [-0.05, 0) is 43.2 Å². The topological polar surface area (TPSA) is 26.5 Å². The Morgan fingerprint density at radius 3 is 2.47 bits per heavy atom. The van der Waals surface area contributed by atoms with Gasteiger partial charge in [-0.25, -0.2) is 8.78 Å². The lowest BCUT2D eigenvalue weighted by Gasteiger charge is -2.24. The van der Waals surface area contributed by atoms with E-state index in [2.05, 4.69) is 16.6 Å². The summed E-state index contributed by atoms with van der Waals surface area (Å²) in [6.07, 6.45) is 3.51. The molecule has 0 radical (unpaired) electrons. The molecule has 0 aromatic heterocycles. The first-order valence-corrected chi connectivity index (χ1v) is 5.81. The molecule has 90 valence electrons. The highest BCUT2D eigenvalue weighted by molar-refractivity contribution is 5.23. The lowest BCUT2D eigenvalue weighted by Crippen LogP contribution is -2.16. The second-order valence-corrected chi connectivity index (χ2v) is 4.43. The number of nitrogens with zero attached hydrogens (tertiary/aromatic N) is 2. The molecule has 0 N–H and O–H groups in total. The Kier molecular flexibility index (Phi) is 3.64. The average molecular weight is 237 g/mol. The molecule has 4 heteroatoms. The molecule has 0 aliphatic heterocycles. The Bertz CT molecular complexity index is 445. The van der Waals surface area contributed by atoms with Gasteiger partial charge in [0.25, 0.3) is 6.72 Å². The summed E-state index contributed by atoms with van der Waals surface area (Å²) < 4.78 is 26.4. The molecular weight excluding hydrogens is 222 g/mol. The molecule has 0 amide bonds. The maximum absolute atomic E-state index is 13.6. The van der Waals surface area contributed by atoms with Crippen molar-refractivity contribution >= 4 is 6.72 Å². The third kappa shape index (κ3) is 2.77. The van der Waals surface area contributed by atoms with Crippen LogP contribution in [0.2, 0.25) is 0 Å². The van der Waals surface area contributed by atoms with Crippen LogP contribution in [0.15, 0.2) is 23.3 Å². The molecule has 0 spiro atoms. The maximum atomic E-state index is 13.6. The Labute approximate surface area is 99.1 Å². The minimum absolute atomic E-state index is 0.173. The quantitative estimate of drug-likeness (QED) is 0.428. The third-order valence-corrected chi connectivity index (χ3v) is 3.34. The molecule has 1 saturated carbocycles. The van der Waals surface area contributed by atoms with Crippen LogP contribution in [0.4, 0.5) is 8.78 Å². The summed E-state index contributed by atoms with van der Waals surface area (Å²) in [6, 6.07) is 4.04. The summed E-state index contributed by atoms with van der Waals surface area (Å²) in [7, 11) is 0. The molecule has 0 heterocycles.